The highest BCUT2D eigenvalue weighted by molar-refractivity contribution is 5.97. The molecule has 2 N–H and O–H groups in total. The van der Waals surface area contributed by atoms with E-state index < -0.39 is 10.9 Å². The number of ether oxygens (including phenoxy) is 2. The molecule has 0 aliphatic rings. The lowest BCUT2D eigenvalue weighted by Crippen LogP contribution is -2.15. The van der Waals surface area contributed by atoms with Crippen LogP contribution in [0.5, 0.6) is 11.5 Å². The van der Waals surface area contributed by atoms with Crippen LogP contribution in [0.25, 0.3) is 0 Å². The highest BCUT2D eigenvalue weighted by atomic mass is 16.7. The molecule has 9 nitrogen and oxygen atoms in total. The van der Waals surface area contributed by atoms with Crippen LogP contribution in [0.1, 0.15) is 11.1 Å². The molecule has 0 radical (unpaired) electrons. The molecule has 0 unspecified atom stereocenters. The zero-order valence-electron chi connectivity index (χ0n) is 14.2. The predicted molar refractivity (Wildman–Crippen MR) is 93.2 cm³/mol. The maximum absolute atomic E-state index is 11.9. The van der Waals surface area contributed by atoms with Crippen molar-refractivity contribution >= 4 is 17.5 Å². The van der Waals surface area contributed by atoms with Gasteiger partial charge in [0.15, 0.2) is 17.3 Å². The summed E-state index contributed by atoms with van der Waals surface area (Å²) in [5.41, 5.74) is 6.68. The van der Waals surface area contributed by atoms with Crippen molar-refractivity contribution in [3.8, 4) is 11.5 Å². The molecule has 0 aliphatic heterocycles. The van der Waals surface area contributed by atoms with Gasteiger partial charge in [0.25, 0.3) is 5.69 Å². The molecule has 0 aromatic heterocycles. The topological polar surface area (TPSA) is 126 Å². The first-order valence-corrected chi connectivity index (χ1v) is 7.43. The standard InChI is InChI=1S/C17H17N3O6/c1-24-14-8-3-11(9-15(14)25-2)10-16(21)26-19-17(18)12-4-6-13(7-5-12)20(22)23/h3-9H,10H2,1-2H3,(H2,18,19). The Hall–Kier alpha value is -3.62. The van der Waals surface area contributed by atoms with Crippen molar-refractivity contribution in [3.05, 3.63) is 63.7 Å². The third-order valence-corrected chi connectivity index (χ3v) is 3.42. The molecule has 136 valence electrons. The lowest BCUT2D eigenvalue weighted by Gasteiger charge is -2.08. The number of benzene rings is 2. The van der Waals surface area contributed by atoms with E-state index in [9.17, 15) is 14.9 Å². The Morgan fingerprint density at radius 2 is 1.77 bits per heavy atom. The third kappa shape index (κ3) is 4.69. The fourth-order valence-corrected chi connectivity index (χ4v) is 2.10. The fraction of sp³-hybridized carbons (Fsp3) is 0.176. The van der Waals surface area contributed by atoms with E-state index in [1.54, 1.807) is 18.2 Å². The number of nitrogens with zero attached hydrogens (tertiary/aromatic N) is 2. The highest BCUT2D eigenvalue weighted by Crippen LogP contribution is 2.27. The van der Waals surface area contributed by atoms with Crippen LogP contribution in [0.3, 0.4) is 0 Å². The second-order valence-electron chi connectivity index (χ2n) is 5.11. The van der Waals surface area contributed by atoms with E-state index in [-0.39, 0.29) is 17.9 Å². The summed E-state index contributed by atoms with van der Waals surface area (Å²) in [4.78, 5) is 26.8. The van der Waals surface area contributed by atoms with Crippen LogP contribution >= 0.6 is 0 Å². The van der Waals surface area contributed by atoms with Crippen LogP contribution in [0, 0.1) is 10.1 Å². The number of carbonyl (C=O) groups is 1. The average Bonchev–Trinajstić information content (AvgIpc) is 2.66. The van der Waals surface area contributed by atoms with Gasteiger partial charge in [-0.05, 0) is 29.8 Å². The number of nitrogens with two attached hydrogens (primary N) is 1. The summed E-state index contributed by atoms with van der Waals surface area (Å²) in [5, 5.41) is 14.2. The van der Waals surface area contributed by atoms with Crippen molar-refractivity contribution in [1.29, 1.82) is 0 Å². The van der Waals surface area contributed by atoms with Crippen LogP contribution in [0.4, 0.5) is 5.69 Å². The van der Waals surface area contributed by atoms with Gasteiger partial charge in [0.1, 0.15) is 0 Å². The van der Waals surface area contributed by atoms with Crippen molar-refractivity contribution in [2.24, 2.45) is 10.9 Å². The number of nitro benzene ring substituents is 1. The quantitative estimate of drug-likeness (QED) is 0.263. The molecule has 26 heavy (non-hydrogen) atoms. The molecular formula is C17H17N3O6. The summed E-state index contributed by atoms with van der Waals surface area (Å²) in [6.07, 6.45) is -0.0443. The van der Waals surface area contributed by atoms with E-state index in [1.807, 2.05) is 0 Å². The molecule has 0 bridgehead atoms. The Morgan fingerprint density at radius 3 is 2.35 bits per heavy atom. The lowest BCUT2D eigenvalue weighted by atomic mass is 10.1. The van der Waals surface area contributed by atoms with Crippen LogP contribution in [-0.2, 0) is 16.1 Å². The molecule has 0 saturated carbocycles. The Labute approximate surface area is 149 Å². The molecule has 0 heterocycles. The molecule has 9 heteroatoms. The normalized spacial score (nSPS) is 10.9. The van der Waals surface area contributed by atoms with Crippen LogP contribution in [0.15, 0.2) is 47.6 Å². The van der Waals surface area contributed by atoms with Gasteiger partial charge in [-0.25, -0.2) is 4.79 Å². The maximum Gasteiger partial charge on any atom is 0.339 e. The van der Waals surface area contributed by atoms with Gasteiger partial charge >= 0.3 is 5.97 Å². The van der Waals surface area contributed by atoms with Crippen molar-refractivity contribution in [2.45, 2.75) is 6.42 Å². The number of amidine groups is 1. The number of nitro groups is 1. The first-order chi connectivity index (χ1) is 12.4. The van der Waals surface area contributed by atoms with E-state index in [1.165, 1.54) is 38.5 Å². The lowest BCUT2D eigenvalue weighted by molar-refractivity contribution is -0.384. The Bertz CT molecular complexity index is 833. The van der Waals surface area contributed by atoms with Crippen LogP contribution in [-0.4, -0.2) is 30.9 Å². The molecule has 0 aliphatic carbocycles. The summed E-state index contributed by atoms with van der Waals surface area (Å²) < 4.78 is 10.3. The number of hydrogen-bond acceptors (Lipinski definition) is 7. The Morgan fingerprint density at radius 1 is 1.12 bits per heavy atom. The number of hydrogen-bond donors (Lipinski definition) is 1. The van der Waals surface area contributed by atoms with Crippen LogP contribution < -0.4 is 15.2 Å². The van der Waals surface area contributed by atoms with Gasteiger partial charge in [-0.1, -0.05) is 11.2 Å². The summed E-state index contributed by atoms with van der Waals surface area (Å²) in [5.74, 6) is 0.347. The van der Waals surface area contributed by atoms with Crippen molar-refractivity contribution in [2.75, 3.05) is 14.2 Å². The summed E-state index contributed by atoms with van der Waals surface area (Å²) in [6.45, 7) is 0. The summed E-state index contributed by atoms with van der Waals surface area (Å²) in [6, 6.07) is 10.4. The summed E-state index contributed by atoms with van der Waals surface area (Å²) in [7, 11) is 3.01. The minimum Gasteiger partial charge on any atom is -0.493 e. The molecule has 2 aromatic rings. The van der Waals surface area contributed by atoms with Gasteiger partial charge in [0.2, 0.25) is 0 Å². The molecule has 2 aromatic carbocycles. The average molecular weight is 359 g/mol. The maximum atomic E-state index is 11.9. The molecule has 0 amide bonds. The van der Waals surface area contributed by atoms with Gasteiger partial charge in [-0.3, -0.25) is 10.1 Å². The van der Waals surface area contributed by atoms with Gasteiger partial charge in [-0.15, -0.1) is 0 Å². The van der Waals surface area contributed by atoms with E-state index in [0.29, 0.717) is 22.6 Å². The highest BCUT2D eigenvalue weighted by Gasteiger charge is 2.11. The second-order valence-corrected chi connectivity index (χ2v) is 5.11. The van der Waals surface area contributed by atoms with Gasteiger partial charge in [0, 0.05) is 17.7 Å². The van der Waals surface area contributed by atoms with E-state index in [0.717, 1.165) is 0 Å². The first kappa shape index (κ1) is 18.7. The number of non-ortho nitro benzene ring substituents is 1. The predicted octanol–water partition coefficient (Wildman–Crippen LogP) is 2.02. The fourth-order valence-electron chi connectivity index (χ4n) is 2.10. The van der Waals surface area contributed by atoms with Crippen molar-refractivity contribution in [1.82, 2.24) is 0 Å². The molecule has 0 atom stereocenters. The number of rotatable bonds is 7. The number of carbonyl (C=O) groups excluding carboxylic acids is 1. The van der Waals surface area contributed by atoms with E-state index in [2.05, 4.69) is 5.16 Å². The van der Waals surface area contributed by atoms with Gasteiger partial charge < -0.3 is 20.0 Å². The SMILES string of the molecule is COc1ccc(CC(=O)O/N=C(/N)c2ccc([N+](=O)[O-])cc2)cc1OC. The van der Waals surface area contributed by atoms with Crippen molar-refractivity contribution < 1.29 is 24.0 Å². The second kappa shape index (κ2) is 8.47. The molecule has 2 rings (SSSR count). The van der Waals surface area contributed by atoms with E-state index >= 15 is 0 Å². The Balaban J connectivity index is 2.01. The molecule has 0 saturated heterocycles. The molecular weight excluding hydrogens is 342 g/mol. The van der Waals surface area contributed by atoms with Gasteiger partial charge in [-0.2, -0.15) is 0 Å². The zero-order valence-corrected chi connectivity index (χ0v) is 14.2. The summed E-state index contributed by atoms with van der Waals surface area (Å²) >= 11 is 0. The minimum absolute atomic E-state index is 0.0443. The van der Waals surface area contributed by atoms with E-state index in [4.69, 9.17) is 20.0 Å². The zero-order chi connectivity index (χ0) is 19.1. The van der Waals surface area contributed by atoms with Crippen molar-refractivity contribution in [3.63, 3.8) is 0 Å². The minimum atomic E-state index is -0.623. The first-order valence-electron chi connectivity index (χ1n) is 7.43. The smallest absolute Gasteiger partial charge is 0.339 e. The monoisotopic (exact) mass is 359 g/mol. The number of oxime groups is 1. The largest absolute Gasteiger partial charge is 0.493 e. The number of methoxy groups -OCH3 is 2. The third-order valence-electron chi connectivity index (χ3n) is 3.42. The van der Waals surface area contributed by atoms with Crippen LogP contribution in [0.2, 0.25) is 0 Å². The molecule has 0 spiro atoms. The molecule has 0 fully saturated rings. The van der Waals surface area contributed by atoms with Gasteiger partial charge in [0.05, 0.1) is 25.6 Å². The Kier molecular flexibility index (Phi) is 6.10.